The minimum absolute atomic E-state index is 0.0987. The maximum Gasteiger partial charge on any atom is 0.0693 e. The molecule has 0 aromatic heterocycles. The van der Waals surface area contributed by atoms with Crippen molar-refractivity contribution in [2.45, 2.75) is 56.7 Å². The molecule has 1 heterocycles. The van der Waals surface area contributed by atoms with E-state index in [0.717, 1.165) is 12.8 Å². The zero-order chi connectivity index (χ0) is 10.7. The molecule has 3 heteroatoms. The summed E-state index contributed by atoms with van der Waals surface area (Å²) in [6, 6.07) is 1.01. The lowest BCUT2D eigenvalue weighted by molar-refractivity contribution is 0.0781. The van der Waals surface area contributed by atoms with Gasteiger partial charge in [-0.1, -0.05) is 12.8 Å². The highest BCUT2D eigenvalue weighted by molar-refractivity contribution is 4.85. The minimum Gasteiger partial charge on any atom is -0.392 e. The number of hydrogen-bond acceptors (Lipinski definition) is 3. The van der Waals surface area contributed by atoms with Crippen LogP contribution in [0.3, 0.4) is 0 Å². The molecule has 2 N–H and O–H groups in total. The van der Waals surface area contributed by atoms with Gasteiger partial charge in [0.1, 0.15) is 0 Å². The standard InChI is InChI=1S/C12H24N2O/c1-14-8-6-10(7-9-14)13-11-4-2-3-5-12(11)15/h10-13,15H,2-9H2,1H3/t11-,12+/m0/s1. The molecule has 0 radical (unpaired) electrons. The highest BCUT2D eigenvalue weighted by Crippen LogP contribution is 2.20. The average Bonchev–Trinajstić information content (AvgIpc) is 2.25. The molecule has 15 heavy (non-hydrogen) atoms. The lowest BCUT2D eigenvalue weighted by Crippen LogP contribution is -2.50. The van der Waals surface area contributed by atoms with E-state index in [1.165, 1.54) is 38.8 Å². The van der Waals surface area contributed by atoms with Crippen LogP contribution in [0.1, 0.15) is 38.5 Å². The Morgan fingerprint density at radius 2 is 1.73 bits per heavy atom. The molecule has 2 rings (SSSR count). The summed E-state index contributed by atoms with van der Waals surface area (Å²) in [5.74, 6) is 0. The molecule has 1 saturated carbocycles. The SMILES string of the molecule is CN1CCC(N[C@H]2CCCC[C@H]2O)CC1. The molecule has 0 amide bonds. The van der Waals surface area contributed by atoms with Crippen molar-refractivity contribution in [3.05, 3.63) is 0 Å². The molecule has 2 aliphatic rings. The number of rotatable bonds is 2. The normalized spacial score (nSPS) is 35.6. The number of likely N-dealkylation sites (tertiary alicyclic amines) is 1. The van der Waals surface area contributed by atoms with E-state index in [1.807, 2.05) is 0 Å². The zero-order valence-corrected chi connectivity index (χ0v) is 9.78. The van der Waals surface area contributed by atoms with Crippen molar-refractivity contribution >= 4 is 0 Å². The summed E-state index contributed by atoms with van der Waals surface area (Å²) in [7, 11) is 2.19. The Hall–Kier alpha value is -0.120. The topological polar surface area (TPSA) is 35.5 Å². The molecule has 2 fully saturated rings. The Kier molecular flexibility index (Phi) is 4.00. The van der Waals surface area contributed by atoms with Crippen LogP contribution in [0.4, 0.5) is 0 Å². The summed E-state index contributed by atoms with van der Waals surface area (Å²) < 4.78 is 0. The van der Waals surface area contributed by atoms with Gasteiger partial charge in [0.15, 0.2) is 0 Å². The maximum absolute atomic E-state index is 9.88. The molecule has 1 aliphatic heterocycles. The third-order valence-electron chi connectivity index (χ3n) is 3.90. The summed E-state index contributed by atoms with van der Waals surface area (Å²) >= 11 is 0. The molecule has 0 aromatic rings. The van der Waals surface area contributed by atoms with Gasteiger partial charge < -0.3 is 15.3 Å². The molecule has 88 valence electrons. The van der Waals surface area contributed by atoms with Crippen LogP contribution in [-0.2, 0) is 0 Å². The van der Waals surface area contributed by atoms with E-state index in [2.05, 4.69) is 17.3 Å². The van der Waals surface area contributed by atoms with E-state index in [9.17, 15) is 5.11 Å². The Labute approximate surface area is 92.8 Å². The predicted octanol–water partition coefficient (Wildman–Crippen LogP) is 0.974. The smallest absolute Gasteiger partial charge is 0.0693 e. The van der Waals surface area contributed by atoms with E-state index in [4.69, 9.17) is 0 Å². The Bertz CT molecular complexity index is 190. The molecule has 0 bridgehead atoms. The van der Waals surface area contributed by atoms with E-state index in [1.54, 1.807) is 0 Å². The molecule has 0 aromatic carbocycles. The average molecular weight is 212 g/mol. The summed E-state index contributed by atoms with van der Waals surface area (Å²) in [6.07, 6.45) is 7.00. The molecule has 1 aliphatic carbocycles. The first-order valence-corrected chi connectivity index (χ1v) is 6.38. The van der Waals surface area contributed by atoms with E-state index in [-0.39, 0.29) is 6.10 Å². The monoisotopic (exact) mass is 212 g/mol. The van der Waals surface area contributed by atoms with Gasteiger partial charge in [-0.3, -0.25) is 0 Å². The zero-order valence-electron chi connectivity index (χ0n) is 9.78. The van der Waals surface area contributed by atoms with Gasteiger partial charge >= 0.3 is 0 Å². The van der Waals surface area contributed by atoms with Gasteiger partial charge in [-0.05, 0) is 45.8 Å². The Morgan fingerprint density at radius 1 is 1.07 bits per heavy atom. The van der Waals surface area contributed by atoms with Crippen LogP contribution in [0.2, 0.25) is 0 Å². The van der Waals surface area contributed by atoms with Crippen LogP contribution in [0, 0.1) is 0 Å². The number of hydrogen-bond donors (Lipinski definition) is 2. The van der Waals surface area contributed by atoms with Gasteiger partial charge in [-0.2, -0.15) is 0 Å². The van der Waals surface area contributed by atoms with Crippen molar-refractivity contribution < 1.29 is 5.11 Å². The summed E-state index contributed by atoms with van der Waals surface area (Å²) in [4.78, 5) is 2.38. The Balaban J connectivity index is 1.75. The summed E-state index contributed by atoms with van der Waals surface area (Å²) in [5.41, 5.74) is 0. The van der Waals surface area contributed by atoms with Crippen molar-refractivity contribution in [2.24, 2.45) is 0 Å². The number of piperidine rings is 1. The van der Waals surface area contributed by atoms with Crippen molar-refractivity contribution in [1.82, 2.24) is 10.2 Å². The van der Waals surface area contributed by atoms with Gasteiger partial charge in [0.05, 0.1) is 6.10 Å². The lowest BCUT2D eigenvalue weighted by atomic mass is 9.91. The second-order valence-electron chi connectivity index (χ2n) is 5.20. The van der Waals surface area contributed by atoms with Crippen LogP contribution in [0.5, 0.6) is 0 Å². The maximum atomic E-state index is 9.88. The molecular weight excluding hydrogens is 188 g/mol. The quantitative estimate of drug-likeness (QED) is 0.716. The molecular formula is C12H24N2O. The fourth-order valence-electron chi connectivity index (χ4n) is 2.78. The fraction of sp³-hybridized carbons (Fsp3) is 1.00. The van der Waals surface area contributed by atoms with Gasteiger partial charge in [0.2, 0.25) is 0 Å². The number of aliphatic hydroxyl groups excluding tert-OH is 1. The van der Waals surface area contributed by atoms with Gasteiger partial charge in [-0.25, -0.2) is 0 Å². The van der Waals surface area contributed by atoms with Crippen molar-refractivity contribution in [3.63, 3.8) is 0 Å². The Morgan fingerprint density at radius 3 is 2.40 bits per heavy atom. The first kappa shape index (κ1) is 11.4. The summed E-state index contributed by atoms with van der Waals surface area (Å²) in [5, 5.41) is 13.5. The fourth-order valence-corrected chi connectivity index (χ4v) is 2.78. The van der Waals surface area contributed by atoms with Crippen molar-refractivity contribution in [2.75, 3.05) is 20.1 Å². The van der Waals surface area contributed by atoms with Gasteiger partial charge in [-0.15, -0.1) is 0 Å². The molecule has 0 spiro atoms. The van der Waals surface area contributed by atoms with Crippen molar-refractivity contribution in [3.8, 4) is 0 Å². The molecule has 3 nitrogen and oxygen atoms in total. The van der Waals surface area contributed by atoms with Gasteiger partial charge in [0, 0.05) is 12.1 Å². The highest BCUT2D eigenvalue weighted by Gasteiger charge is 2.26. The number of nitrogens with zero attached hydrogens (tertiary/aromatic N) is 1. The van der Waals surface area contributed by atoms with Crippen LogP contribution in [0.25, 0.3) is 0 Å². The van der Waals surface area contributed by atoms with E-state index >= 15 is 0 Å². The van der Waals surface area contributed by atoms with Crippen LogP contribution in [-0.4, -0.2) is 48.3 Å². The first-order valence-electron chi connectivity index (χ1n) is 6.38. The van der Waals surface area contributed by atoms with Gasteiger partial charge in [0.25, 0.3) is 0 Å². The predicted molar refractivity (Wildman–Crippen MR) is 61.9 cm³/mol. The van der Waals surface area contributed by atoms with Crippen LogP contribution in [0.15, 0.2) is 0 Å². The van der Waals surface area contributed by atoms with Crippen molar-refractivity contribution in [1.29, 1.82) is 0 Å². The van der Waals surface area contributed by atoms with Crippen LogP contribution >= 0.6 is 0 Å². The summed E-state index contributed by atoms with van der Waals surface area (Å²) in [6.45, 7) is 2.39. The van der Waals surface area contributed by atoms with E-state index < -0.39 is 0 Å². The largest absolute Gasteiger partial charge is 0.392 e. The first-order chi connectivity index (χ1) is 7.25. The molecule has 1 saturated heterocycles. The van der Waals surface area contributed by atoms with Crippen LogP contribution < -0.4 is 5.32 Å². The van der Waals surface area contributed by atoms with E-state index in [0.29, 0.717) is 12.1 Å². The molecule has 2 atom stereocenters. The second-order valence-corrected chi connectivity index (χ2v) is 5.20. The third kappa shape index (κ3) is 3.16. The highest BCUT2D eigenvalue weighted by atomic mass is 16.3. The number of nitrogens with one attached hydrogen (secondary N) is 1. The minimum atomic E-state index is -0.0987. The second kappa shape index (κ2) is 5.28. The lowest BCUT2D eigenvalue weighted by Gasteiger charge is -2.36. The molecule has 0 unspecified atom stereocenters. The number of aliphatic hydroxyl groups is 1. The third-order valence-corrected chi connectivity index (χ3v) is 3.90.